The largest absolute Gasteiger partial charge is 0.369 e. The van der Waals surface area contributed by atoms with Crippen molar-refractivity contribution in [1.29, 1.82) is 0 Å². The Morgan fingerprint density at radius 2 is 1.97 bits per heavy atom. The number of hydrogen-bond acceptors (Lipinski definition) is 5. The molecule has 1 aliphatic carbocycles. The number of likely N-dealkylation sites (tertiary alicyclic amines) is 1. The van der Waals surface area contributed by atoms with Crippen molar-refractivity contribution in [2.45, 2.75) is 70.7 Å². The number of amidine groups is 1. The maximum absolute atomic E-state index is 5.16. The van der Waals surface area contributed by atoms with Gasteiger partial charge in [-0.2, -0.15) is 0 Å². The topological polar surface area (TPSA) is 22.1 Å². The van der Waals surface area contributed by atoms with E-state index in [-0.39, 0.29) is 0 Å². The van der Waals surface area contributed by atoms with Gasteiger partial charge in [-0.15, -0.1) is 0 Å². The van der Waals surface area contributed by atoms with Crippen LogP contribution in [0.4, 0.5) is 0 Å². The fraction of sp³-hybridized carbons (Fsp3) is 0.452. The van der Waals surface area contributed by atoms with E-state index in [1.807, 2.05) is 11.8 Å². The lowest BCUT2D eigenvalue weighted by atomic mass is 9.89. The predicted octanol–water partition coefficient (Wildman–Crippen LogP) is 7.33. The first-order valence-corrected chi connectivity index (χ1v) is 14.2. The number of allylic oxidation sites excluding steroid dienone is 5. The normalized spacial score (nSPS) is 22.3. The van der Waals surface area contributed by atoms with E-state index in [0.717, 1.165) is 31.0 Å². The van der Waals surface area contributed by atoms with Gasteiger partial charge in [-0.1, -0.05) is 36.4 Å². The molecule has 0 unspecified atom stereocenters. The number of aryl methyl sites for hydroxylation is 1. The average Bonchev–Trinajstić information content (AvgIpc) is 3.34. The first-order chi connectivity index (χ1) is 17.3. The summed E-state index contributed by atoms with van der Waals surface area (Å²) in [5.41, 5.74) is 9.24. The van der Waals surface area contributed by atoms with Crippen LogP contribution in [0.3, 0.4) is 0 Å². The standard InChI is InChI=1S/C31H40N4S/c1-7-21(2)23(4)36-30-17-25(12-11-22(30)3)28-18-29(24-9-8-10-24)35-20-27(13-14-31(35)32-28)34-16-15-26(19-34)33(5)6/h11-14,17-18,20,26H,7-10,15-16,19H2,1-6H3/b23-21+/t26-/m0/s1. The Morgan fingerprint density at radius 3 is 2.64 bits per heavy atom. The quantitative estimate of drug-likeness (QED) is 0.381. The molecule has 190 valence electrons. The number of rotatable bonds is 6. The number of fused-ring (bicyclic) bond motifs is 1. The van der Waals surface area contributed by atoms with Crippen molar-refractivity contribution in [3.8, 4) is 0 Å². The molecule has 0 aromatic heterocycles. The molecule has 1 aromatic rings. The fourth-order valence-corrected chi connectivity index (χ4v) is 6.17. The average molecular weight is 501 g/mol. The van der Waals surface area contributed by atoms with E-state index in [0.29, 0.717) is 6.04 Å². The summed E-state index contributed by atoms with van der Waals surface area (Å²) in [6, 6.07) is 7.44. The van der Waals surface area contributed by atoms with Gasteiger partial charge in [-0.3, -0.25) is 4.90 Å². The van der Waals surface area contributed by atoms with Crippen LogP contribution in [-0.2, 0) is 0 Å². The van der Waals surface area contributed by atoms with Gasteiger partial charge in [-0.25, -0.2) is 4.99 Å². The van der Waals surface area contributed by atoms with Gasteiger partial charge < -0.3 is 9.80 Å². The van der Waals surface area contributed by atoms with Gasteiger partial charge in [0.05, 0.1) is 11.4 Å². The van der Waals surface area contributed by atoms with Crippen LogP contribution in [0.25, 0.3) is 5.70 Å². The van der Waals surface area contributed by atoms with Gasteiger partial charge in [0.1, 0.15) is 5.84 Å². The summed E-state index contributed by atoms with van der Waals surface area (Å²) in [7, 11) is 4.38. The summed E-state index contributed by atoms with van der Waals surface area (Å²) in [6.07, 6.45) is 15.1. The minimum atomic E-state index is 0.625. The summed E-state index contributed by atoms with van der Waals surface area (Å²) in [5, 5.41) is 0. The fourth-order valence-electron chi connectivity index (χ4n) is 5.11. The maximum atomic E-state index is 5.16. The van der Waals surface area contributed by atoms with Crippen molar-refractivity contribution in [3.05, 3.63) is 81.2 Å². The number of thioether (sulfide) groups is 1. The van der Waals surface area contributed by atoms with E-state index in [1.54, 1.807) is 5.57 Å². The molecular formula is C31H40N4S. The first kappa shape index (κ1) is 25.2. The van der Waals surface area contributed by atoms with Crippen LogP contribution in [0, 0.1) is 6.92 Å². The predicted molar refractivity (Wildman–Crippen MR) is 155 cm³/mol. The van der Waals surface area contributed by atoms with Crippen LogP contribution in [0.15, 0.2) is 80.0 Å². The smallest absolute Gasteiger partial charge is 0.137 e. The molecule has 4 aliphatic rings. The van der Waals surface area contributed by atoms with E-state index in [2.05, 4.69) is 99.1 Å². The Kier molecular flexibility index (Phi) is 7.32. The molecule has 0 amide bonds. The van der Waals surface area contributed by atoms with E-state index in [9.17, 15) is 0 Å². The van der Waals surface area contributed by atoms with E-state index in [1.165, 1.54) is 63.6 Å². The van der Waals surface area contributed by atoms with Crippen LogP contribution in [-0.4, -0.2) is 53.8 Å². The van der Waals surface area contributed by atoms with Crippen molar-refractivity contribution in [2.24, 2.45) is 4.99 Å². The zero-order chi connectivity index (χ0) is 25.4. The zero-order valence-corrected chi connectivity index (χ0v) is 23.6. The summed E-state index contributed by atoms with van der Waals surface area (Å²) in [5.74, 6) is 1.03. The van der Waals surface area contributed by atoms with Gasteiger partial charge in [0.15, 0.2) is 0 Å². The molecule has 0 spiro atoms. The highest BCUT2D eigenvalue weighted by Crippen LogP contribution is 2.39. The van der Waals surface area contributed by atoms with Crippen LogP contribution in [0.2, 0.25) is 0 Å². The van der Waals surface area contributed by atoms with Crippen LogP contribution in [0.5, 0.6) is 0 Å². The molecule has 0 radical (unpaired) electrons. The lowest BCUT2D eigenvalue weighted by Gasteiger charge is -2.35. The lowest BCUT2D eigenvalue weighted by Crippen LogP contribution is -2.34. The molecule has 1 saturated carbocycles. The Balaban J connectivity index is 1.46. The molecule has 3 heterocycles. The van der Waals surface area contributed by atoms with Crippen molar-refractivity contribution >= 4 is 23.3 Å². The zero-order valence-electron chi connectivity index (χ0n) is 22.8. The summed E-state index contributed by atoms with van der Waals surface area (Å²) in [4.78, 5) is 15.1. The van der Waals surface area contributed by atoms with Crippen LogP contribution in [0.1, 0.15) is 64.0 Å². The second kappa shape index (κ2) is 10.5. The van der Waals surface area contributed by atoms with Gasteiger partial charge in [0.25, 0.3) is 0 Å². The SMILES string of the molecule is CC/C(C)=C(\C)Sc1cc(C2=CC(=C3CCC3)N3C=C(N4CC[C@H](N(C)C)C4)C=CC3=N2)ccc1C. The molecule has 2 fully saturated rings. The number of benzene rings is 1. The highest BCUT2D eigenvalue weighted by Gasteiger charge is 2.30. The molecule has 0 N–H and O–H groups in total. The minimum Gasteiger partial charge on any atom is -0.369 e. The van der Waals surface area contributed by atoms with E-state index in [4.69, 9.17) is 4.99 Å². The molecule has 4 nitrogen and oxygen atoms in total. The Hall–Kier alpha value is -2.50. The first-order valence-electron chi connectivity index (χ1n) is 13.4. The third-order valence-electron chi connectivity index (χ3n) is 8.14. The highest BCUT2D eigenvalue weighted by molar-refractivity contribution is 8.03. The number of likely N-dealkylation sites (N-methyl/N-ethyl adjacent to an activating group) is 1. The molecule has 1 saturated heterocycles. The molecule has 1 atom stereocenters. The molecular weight excluding hydrogens is 460 g/mol. The summed E-state index contributed by atoms with van der Waals surface area (Å²) in [6.45, 7) is 11.1. The molecule has 5 rings (SSSR count). The van der Waals surface area contributed by atoms with Crippen molar-refractivity contribution < 1.29 is 0 Å². The molecule has 36 heavy (non-hydrogen) atoms. The molecule has 5 heteroatoms. The van der Waals surface area contributed by atoms with Crippen molar-refractivity contribution in [1.82, 2.24) is 14.7 Å². The van der Waals surface area contributed by atoms with E-state index < -0.39 is 0 Å². The van der Waals surface area contributed by atoms with Crippen molar-refractivity contribution in [2.75, 3.05) is 27.2 Å². The maximum Gasteiger partial charge on any atom is 0.137 e. The number of hydrogen-bond donors (Lipinski definition) is 0. The van der Waals surface area contributed by atoms with Gasteiger partial charge >= 0.3 is 0 Å². The van der Waals surface area contributed by atoms with Crippen LogP contribution >= 0.6 is 11.8 Å². The monoisotopic (exact) mass is 500 g/mol. The minimum absolute atomic E-state index is 0.625. The van der Waals surface area contributed by atoms with E-state index >= 15 is 0 Å². The third kappa shape index (κ3) is 5.01. The lowest BCUT2D eigenvalue weighted by molar-refractivity contribution is 0.291. The second-order valence-corrected chi connectivity index (χ2v) is 12.0. The van der Waals surface area contributed by atoms with Crippen molar-refractivity contribution in [3.63, 3.8) is 0 Å². The van der Waals surface area contributed by atoms with Crippen LogP contribution < -0.4 is 0 Å². The Morgan fingerprint density at radius 1 is 1.17 bits per heavy atom. The highest BCUT2D eigenvalue weighted by atomic mass is 32.2. The van der Waals surface area contributed by atoms with Gasteiger partial charge in [-0.05, 0) is 107 Å². The second-order valence-electron chi connectivity index (χ2n) is 10.7. The van der Waals surface area contributed by atoms with Gasteiger partial charge in [0, 0.05) is 41.5 Å². The van der Waals surface area contributed by atoms with Gasteiger partial charge in [0.2, 0.25) is 0 Å². The number of nitrogens with zero attached hydrogens (tertiary/aromatic N) is 4. The Labute approximate surface area is 221 Å². The molecule has 3 aliphatic heterocycles. The molecule has 1 aromatic carbocycles. The Bertz CT molecular complexity index is 1220. The summed E-state index contributed by atoms with van der Waals surface area (Å²) >= 11 is 1.89. The molecule has 0 bridgehead atoms. The third-order valence-corrected chi connectivity index (χ3v) is 9.45. The number of aliphatic imine (C=N–C) groups is 1. The summed E-state index contributed by atoms with van der Waals surface area (Å²) < 4.78 is 0.